The van der Waals surface area contributed by atoms with Gasteiger partial charge in [0.25, 0.3) is 0 Å². The summed E-state index contributed by atoms with van der Waals surface area (Å²) in [7, 11) is 4.04. The van der Waals surface area contributed by atoms with Gasteiger partial charge in [0, 0.05) is 23.6 Å². The topological polar surface area (TPSA) is 83.7 Å². The minimum absolute atomic E-state index is 0.159. The summed E-state index contributed by atoms with van der Waals surface area (Å²) in [5, 5.41) is 3.53. The number of aromatic amines is 1. The molecule has 1 amide bonds. The summed E-state index contributed by atoms with van der Waals surface area (Å²) in [5.74, 6) is -0.189. The van der Waals surface area contributed by atoms with Crippen LogP contribution in [0.4, 0.5) is 4.79 Å². The van der Waals surface area contributed by atoms with Gasteiger partial charge in [0.1, 0.15) is 17.4 Å². The van der Waals surface area contributed by atoms with Crippen LogP contribution in [0.3, 0.4) is 0 Å². The molecule has 0 bridgehead atoms. The Balaban J connectivity index is 2.22. The van der Waals surface area contributed by atoms with E-state index in [1.165, 1.54) is 0 Å². The second-order valence-corrected chi connectivity index (χ2v) is 8.83. The van der Waals surface area contributed by atoms with Crippen molar-refractivity contribution in [3.63, 3.8) is 0 Å². The molecule has 1 unspecified atom stereocenters. The van der Waals surface area contributed by atoms with E-state index >= 15 is 0 Å². The van der Waals surface area contributed by atoms with Crippen LogP contribution >= 0.6 is 0 Å². The Kier molecular flexibility index (Phi) is 7.30. The lowest BCUT2D eigenvalue weighted by molar-refractivity contribution is -0.137. The van der Waals surface area contributed by atoms with Gasteiger partial charge in [-0.3, -0.25) is 0 Å². The van der Waals surface area contributed by atoms with E-state index in [9.17, 15) is 9.59 Å². The lowest BCUT2D eigenvalue weighted by Gasteiger charge is -2.24. The fraction of sp³-hybridized carbons (Fsp3) is 0.545. The monoisotopic (exact) mass is 403 g/mol. The smallest absolute Gasteiger partial charge is 0.408 e. The molecule has 0 aliphatic heterocycles. The molecule has 1 aromatic carbocycles. The molecule has 0 aliphatic carbocycles. The molecule has 0 spiro atoms. The molecule has 7 nitrogen and oxygen atoms in total. The molecule has 7 heteroatoms. The highest BCUT2D eigenvalue weighted by atomic mass is 16.6. The van der Waals surface area contributed by atoms with Crippen LogP contribution in [-0.4, -0.2) is 54.2 Å². The molecule has 2 N–H and O–H groups in total. The highest BCUT2D eigenvalue weighted by molar-refractivity contribution is 5.92. The number of carbonyl (C=O) groups is 2. The molecule has 0 saturated heterocycles. The van der Waals surface area contributed by atoms with E-state index in [1.54, 1.807) is 26.8 Å². The van der Waals surface area contributed by atoms with Gasteiger partial charge >= 0.3 is 12.1 Å². The van der Waals surface area contributed by atoms with Gasteiger partial charge in [-0.05, 0) is 64.9 Å². The highest BCUT2D eigenvalue weighted by Crippen LogP contribution is 2.30. The highest BCUT2D eigenvalue weighted by Gasteiger charge is 2.29. The molecular weight excluding hydrogens is 370 g/mol. The van der Waals surface area contributed by atoms with E-state index in [0.29, 0.717) is 5.75 Å². The number of rotatable bonds is 7. The predicted octanol–water partition coefficient (Wildman–Crippen LogP) is 3.73. The average Bonchev–Trinajstić information content (AvgIpc) is 3.00. The molecule has 0 saturated carbocycles. The van der Waals surface area contributed by atoms with Crippen LogP contribution in [0, 0.1) is 5.92 Å². The summed E-state index contributed by atoms with van der Waals surface area (Å²) >= 11 is 0. The molecule has 2 aromatic rings. The zero-order valence-corrected chi connectivity index (χ0v) is 18.5. The van der Waals surface area contributed by atoms with Gasteiger partial charge in [0.2, 0.25) is 0 Å². The summed E-state index contributed by atoms with van der Waals surface area (Å²) < 4.78 is 11.0. The second kappa shape index (κ2) is 9.31. The Hall–Kier alpha value is -2.54. The van der Waals surface area contributed by atoms with Crippen molar-refractivity contribution in [2.75, 3.05) is 20.6 Å². The van der Waals surface area contributed by atoms with Crippen LogP contribution in [0.25, 0.3) is 10.9 Å². The number of hydrogen-bond acceptors (Lipinski definition) is 5. The minimum atomic E-state index is -0.815. The van der Waals surface area contributed by atoms with E-state index in [2.05, 4.69) is 15.2 Å². The number of carbonyl (C=O) groups excluding carboxylic acids is 2. The molecule has 0 fully saturated rings. The molecule has 29 heavy (non-hydrogen) atoms. The minimum Gasteiger partial charge on any atom is -0.444 e. The van der Waals surface area contributed by atoms with E-state index in [0.717, 1.165) is 29.4 Å². The Bertz CT molecular complexity index is 849. The standard InChI is InChI=1S/C22H33N3O4/c1-14(2)19(24-21(27)29-22(3,4)5)20(26)28-17-10-8-9-16-18(17)15(13-23-16)11-12-25(6)7/h8-10,13-14,19,23H,11-12H2,1-7H3,(H,24,27). The normalized spacial score (nSPS) is 13.0. The molecule has 1 aromatic heterocycles. The number of aromatic nitrogens is 1. The average molecular weight is 404 g/mol. The number of likely N-dealkylation sites (N-methyl/N-ethyl adjacent to an activating group) is 1. The van der Waals surface area contributed by atoms with Gasteiger partial charge in [0.05, 0.1) is 0 Å². The first-order valence-corrected chi connectivity index (χ1v) is 9.93. The number of ether oxygens (including phenoxy) is 2. The number of benzene rings is 1. The Morgan fingerprint density at radius 1 is 1.21 bits per heavy atom. The quantitative estimate of drug-likeness (QED) is 0.544. The summed E-state index contributed by atoms with van der Waals surface area (Å²) in [4.78, 5) is 30.4. The third kappa shape index (κ3) is 6.49. The van der Waals surface area contributed by atoms with E-state index in [4.69, 9.17) is 9.47 Å². The second-order valence-electron chi connectivity index (χ2n) is 8.83. The van der Waals surface area contributed by atoms with Crippen LogP contribution in [0.15, 0.2) is 24.4 Å². The zero-order chi connectivity index (χ0) is 21.8. The number of nitrogens with zero attached hydrogens (tertiary/aromatic N) is 1. The maximum atomic E-state index is 12.9. The van der Waals surface area contributed by atoms with Crippen LogP contribution in [-0.2, 0) is 16.0 Å². The third-order valence-corrected chi connectivity index (χ3v) is 4.38. The van der Waals surface area contributed by atoms with Crippen molar-refractivity contribution in [2.24, 2.45) is 5.92 Å². The van der Waals surface area contributed by atoms with Crippen molar-refractivity contribution >= 4 is 23.0 Å². The van der Waals surface area contributed by atoms with Crippen molar-refractivity contribution < 1.29 is 19.1 Å². The van der Waals surface area contributed by atoms with Crippen molar-refractivity contribution in [3.8, 4) is 5.75 Å². The fourth-order valence-corrected chi connectivity index (χ4v) is 2.95. The van der Waals surface area contributed by atoms with Gasteiger partial charge < -0.3 is 24.7 Å². The van der Waals surface area contributed by atoms with Crippen LogP contribution in [0.1, 0.15) is 40.2 Å². The number of hydrogen-bond donors (Lipinski definition) is 2. The van der Waals surface area contributed by atoms with Crippen molar-refractivity contribution in [1.82, 2.24) is 15.2 Å². The molecule has 1 atom stereocenters. The van der Waals surface area contributed by atoms with Crippen molar-refractivity contribution in [3.05, 3.63) is 30.0 Å². The van der Waals surface area contributed by atoms with Gasteiger partial charge in [0.15, 0.2) is 0 Å². The Morgan fingerprint density at radius 3 is 2.48 bits per heavy atom. The maximum Gasteiger partial charge on any atom is 0.408 e. The van der Waals surface area contributed by atoms with E-state index in [-0.39, 0.29) is 5.92 Å². The molecule has 2 rings (SSSR count). The molecular formula is C22H33N3O4. The van der Waals surface area contributed by atoms with Gasteiger partial charge in [-0.25, -0.2) is 9.59 Å². The van der Waals surface area contributed by atoms with Gasteiger partial charge in [-0.15, -0.1) is 0 Å². The van der Waals surface area contributed by atoms with E-state index < -0.39 is 23.7 Å². The molecule has 1 heterocycles. The number of H-pyrrole nitrogens is 1. The number of nitrogens with one attached hydrogen (secondary N) is 2. The first kappa shape index (κ1) is 22.7. The number of alkyl carbamates (subject to hydrolysis) is 1. The maximum absolute atomic E-state index is 12.9. The Labute approximate surface area is 172 Å². The Morgan fingerprint density at radius 2 is 1.90 bits per heavy atom. The number of fused-ring (bicyclic) bond motifs is 1. The third-order valence-electron chi connectivity index (χ3n) is 4.38. The lowest BCUT2D eigenvalue weighted by atomic mass is 10.0. The van der Waals surface area contributed by atoms with Crippen LogP contribution in [0.5, 0.6) is 5.75 Å². The number of esters is 1. The van der Waals surface area contributed by atoms with Crippen LogP contribution < -0.4 is 10.1 Å². The van der Waals surface area contributed by atoms with Crippen molar-refractivity contribution in [1.29, 1.82) is 0 Å². The molecule has 0 radical (unpaired) electrons. The van der Waals surface area contributed by atoms with Crippen molar-refractivity contribution in [2.45, 2.75) is 52.7 Å². The summed E-state index contributed by atoms with van der Waals surface area (Å²) in [6.07, 6.45) is 2.13. The summed E-state index contributed by atoms with van der Waals surface area (Å²) in [5.41, 5.74) is 1.34. The molecule has 0 aliphatic rings. The largest absolute Gasteiger partial charge is 0.444 e. The fourth-order valence-electron chi connectivity index (χ4n) is 2.95. The predicted molar refractivity (Wildman–Crippen MR) is 114 cm³/mol. The van der Waals surface area contributed by atoms with Crippen LogP contribution in [0.2, 0.25) is 0 Å². The molecule has 160 valence electrons. The first-order valence-electron chi connectivity index (χ1n) is 9.93. The van der Waals surface area contributed by atoms with E-state index in [1.807, 2.05) is 46.3 Å². The van der Waals surface area contributed by atoms with Gasteiger partial charge in [-0.2, -0.15) is 0 Å². The summed E-state index contributed by atoms with van der Waals surface area (Å²) in [6, 6.07) is 4.75. The SMILES string of the molecule is CC(C)C(NC(=O)OC(C)(C)C)C(=O)Oc1cccc2[nH]cc(CCN(C)C)c12. The summed E-state index contributed by atoms with van der Waals surface area (Å²) in [6.45, 7) is 9.90. The first-order chi connectivity index (χ1) is 13.5. The number of amides is 1. The van der Waals surface area contributed by atoms with Gasteiger partial charge in [-0.1, -0.05) is 19.9 Å². The lowest BCUT2D eigenvalue weighted by Crippen LogP contribution is -2.48. The zero-order valence-electron chi connectivity index (χ0n) is 18.5.